The molecule has 0 heterocycles. The third-order valence-corrected chi connectivity index (χ3v) is 3.43. The zero-order valence-electron chi connectivity index (χ0n) is 12.0. The number of anilines is 1. The van der Waals surface area contributed by atoms with Crippen LogP contribution in [0.15, 0.2) is 24.3 Å². The van der Waals surface area contributed by atoms with Crippen molar-refractivity contribution < 1.29 is 22.1 Å². The summed E-state index contributed by atoms with van der Waals surface area (Å²) in [6, 6.07) is 6.48. The second-order valence-corrected chi connectivity index (χ2v) is 6.23. The van der Waals surface area contributed by atoms with Gasteiger partial charge in [-0.1, -0.05) is 17.7 Å². The number of benzene rings is 1. The molecule has 126 valence electrons. The van der Waals surface area contributed by atoms with Crippen LogP contribution in [0.25, 0.3) is 0 Å². The van der Waals surface area contributed by atoms with E-state index in [2.05, 4.69) is 15.4 Å². The number of ether oxygens (including phenoxy) is 1. The zero-order chi connectivity index (χ0) is 17.3. The maximum Gasteiger partial charge on any atom is 0.412 e. The lowest BCUT2D eigenvalue weighted by atomic mass is 10.3. The molecule has 0 aliphatic heterocycles. The van der Waals surface area contributed by atoms with E-state index in [1.165, 1.54) is 13.0 Å². The zero-order valence-corrected chi connectivity index (χ0v) is 14.3. The van der Waals surface area contributed by atoms with Crippen molar-refractivity contribution in [2.45, 2.75) is 13.0 Å². The lowest BCUT2D eigenvalue weighted by molar-refractivity contribution is 0.145. The van der Waals surface area contributed by atoms with E-state index in [-0.39, 0.29) is 12.4 Å². The van der Waals surface area contributed by atoms with Gasteiger partial charge in [-0.05, 0) is 31.0 Å². The van der Waals surface area contributed by atoms with Gasteiger partial charge in [0.2, 0.25) is 0 Å². The van der Waals surface area contributed by atoms with Gasteiger partial charge < -0.3 is 8.92 Å². The number of carbonyl (C=O) groups excluding carboxylic acids is 1. The molecule has 1 aromatic carbocycles. The van der Waals surface area contributed by atoms with Gasteiger partial charge in [-0.25, -0.2) is 4.79 Å². The van der Waals surface area contributed by atoms with Crippen molar-refractivity contribution in [1.29, 1.82) is 0 Å². The summed E-state index contributed by atoms with van der Waals surface area (Å²) >= 11 is 11.1. The molecule has 0 aromatic heterocycles. The molecule has 10 heteroatoms. The fourth-order valence-electron chi connectivity index (χ4n) is 1.26. The minimum Gasteiger partial charge on any atom is -0.433 e. The Kier molecular flexibility index (Phi) is 7.98. The Balaban J connectivity index is 2.46. The summed E-state index contributed by atoms with van der Waals surface area (Å²) in [5.74, 6) is 2.41. The lowest BCUT2D eigenvalue weighted by Gasteiger charge is -2.09. The fraction of sp³-hybridized carbons (Fsp3) is 0.308. The molecule has 0 aliphatic rings. The smallest absolute Gasteiger partial charge is 0.412 e. The molecule has 2 N–H and O–H groups in total. The molecular weight excluding hydrogens is 367 g/mol. The van der Waals surface area contributed by atoms with Crippen LogP contribution in [0.4, 0.5) is 10.5 Å². The van der Waals surface area contributed by atoms with Gasteiger partial charge >= 0.3 is 16.4 Å². The Morgan fingerprint density at radius 1 is 1.43 bits per heavy atom. The standard InChI is InChI=1S/C13H14Cl2N2O5S/c1-10(5-8-21-23(19,20)16-7-6-14)22-13(18)17-12-4-2-3-11(15)9-12/h2-4,9-10,16H,6-7H2,1H3,(H,17,18). The van der Waals surface area contributed by atoms with Crippen LogP contribution in [-0.4, -0.2) is 33.0 Å². The highest BCUT2D eigenvalue weighted by atomic mass is 35.5. The van der Waals surface area contributed by atoms with E-state index in [0.29, 0.717) is 10.7 Å². The van der Waals surface area contributed by atoms with Crippen molar-refractivity contribution in [3.05, 3.63) is 29.3 Å². The van der Waals surface area contributed by atoms with Crippen LogP contribution in [0.2, 0.25) is 5.02 Å². The van der Waals surface area contributed by atoms with Crippen molar-refractivity contribution in [1.82, 2.24) is 4.72 Å². The van der Waals surface area contributed by atoms with E-state index in [9.17, 15) is 13.2 Å². The normalized spacial score (nSPS) is 11.8. The molecule has 1 unspecified atom stereocenters. The van der Waals surface area contributed by atoms with Crippen molar-refractivity contribution in [3.63, 3.8) is 0 Å². The highest BCUT2D eigenvalue weighted by Crippen LogP contribution is 2.15. The second kappa shape index (κ2) is 9.47. The summed E-state index contributed by atoms with van der Waals surface area (Å²) in [7, 11) is -4.00. The fourth-order valence-corrected chi connectivity index (χ4v) is 2.22. The Labute approximate surface area is 144 Å². The van der Waals surface area contributed by atoms with E-state index >= 15 is 0 Å². The minimum atomic E-state index is -4.00. The van der Waals surface area contributed by atoms with Crippen molar-refractivity contribution >= 4 is 45.3 Å². The van der Waals surface area contributed by atoms with Gasteiger partial charge in [-0.3, -0.25) is 5.32 Å². The molecule has 1 amide bonds. The van der Waals surface area contributed by atoms with Crippen molar-refractivity contribution in [3.8, 4) is 12.0 Å². The van der Waals surface area contributed by atoms with Crippen molar-refractivity contribution in [2.75, 3.05) is 17.7 Å². The van der Waals surface area contributed by atoms with Crippen LogP contribution in [0.3, 0.4) is 0 Å². The number of alkyl halides is 1. The first-order chi connectivity index (χ1) is 10.8. The number of hydrogen-bond acceptors (Lipinski definition) is 5. The van der Waals surface area contributed by atoms with Crippen LogP contribution in [0.1, 0.15) is 6.92 Å². The SMILES string of the molecule is CC(C#COS(=O)(=O)NCCCl)OC(=O)Nc1cccc(Cl)c1. The Morgan fingerprint density at radius 3 is 2.83 bits per heavy atom. The monoisotopic (exact) mass is 380 g/mol. The topological polar surface area (TPSA) is 93.7 Å². The first-order valence-electron chi connectivity index (χ1n) is 6.30. The van der Waals surface area contributed by atoms with E-state index in [0.717, 1.165) is 0 Å². The summed E-state index contributed by atoms with van der Waals surface area (Å²) in [4.78, 5) is 11.6. The molecule has 1 atom stereocenters. The molecular formula is C13H14Cl2N2O5S. The molecule has 0 radical (unpaired) electrons. The van der Waals surface area contributed by atoms with Gasteiger partial charge in [0.25, 0.3) is 0 Å². The number of carbonyl (C=O) groups is 1. The molecule has 0 saturated heterocycles. The van der Waals surface area contributed by atoms with E-state index in [1.54, 1.807) is 18.2 Å². The van der Waals surface area contributed by atoms with E-state index < -0.39 is 22.5 Å². The molecule has 0 saturated carbocycles. The Hall–Kier alpha value is -1.66. The van der Waals surface area contributed by atoms with Gasteiger partial charge in [0, 0.05) is 23.1 Å². The molecule has 0 fully saturated rings. The second-order valence-electron chi connectivity index (χ2n) is 4.05. The summed E-state index contributed by atoms with van der Waals surface area (Å²) in [6.45, 7) is 1.46. The van der Waals surface area contributed by atoms with Crippen LogP contribution >= 0.6 is 23.2 Å². The molecule has 1 aromatic rings. The van der Waals surface area contributed by atoms with Gasteiger partial charge in [-0.2, -0.15) is 13.1 Å². The maximum atomic E-state index is 11.6. The number of amides is 1. The predicted octanol–water partition coefficient (Wildman–Crippen LogP) is 2.33. The van der Waals surface area contributed by atoms with Gasteiger partial charge in [-0.15, -0.1) is 11.6 Å². The largest absolute Gasteiger partial charge is 0.433 e. The van der Waals surface area contributed by atoms with Crippen molar-refractivity contribution in [2.24, 2.45) is 0 Å². The van der Waals surface area contributed by atoms with Crippen LogP contribution < -0.4 is 10.0 Å². The molecule has 0 aliphatic carbocycles. The summed E-state index contributed by atoms with van der Waals surface area (Å²) in [6.07, 6.45) is 0.285. The quantitative estimate of drug-likeness (QED) is 0.583. The first kappa shape index (κ1) is 19.4. The Morgan fingerprint density at radius 2 is 2.17 bits per heavy atom. The first-order valence-corrected chi connectivity index (χ1v) is 8.62. The number of rotatable bonds is 6. The van der Waals surface area contributed by atoms with Crippen LogP contribution in [-0.2, 0) is 19.2 Å². The van der Waals surface area contributed by atoms with Crippen LogP contribution in [0, 0.1) is 12.0 Å². The minimum absolute atomic E-state index is 0.0136. The number of halogens is 2. The molecule has 1 rings (SSSR count). The number of hydrogen-bond donors (Lipinski definition) is 2. The predicted molar refractivity (Wildman–Crippen MR) is 87.5 cm³/mol. The molecule has 7 nitrogen and oxygen atoms in total. The van der Waals surface area contributed by atoms with Gasteiger partial charge in [0.15, 0.2) is 6.10 Å². The summed E-state index contributed by atoms with van der Waals surface area (Å²) in [5, 5.41) is 2.91. The molecule has 23 heavy (non-hydrogen) atoms. The van der Waals surface area contributed by atoms with E-state index in [4.69, 9.17) is 27.9 Å². The van der Waals surface area contributed by atoms with Gasteiger partial charge in [0.05, 0.1) is 0 Å². The molecule has 0 spiro atoms. The average Bonchev–Trinajstić information content (AvgIpc) is 2.44. The number of nitrogens with one attached hydrogen (secondary N) is 2. The average molecular weight is 381 g/mol. The van der Waals surface area contributed by atoms with Crippen LogP contribution in [0.5, 0.6) is 0 Å². The highest BCUT2D eigenvalue weighted by Gasteiger charge is 2.10. The Bertz CT molecular complexity index is 700. The lowest BCUT2D eigenvalue weighted by Crippen LogP contribution is -2.26. The third-order valence-electron chi connectivity index (χ3n) is 2.14. The molecule has 0 bridgehead atoms. The highest BCUT2D eigenvalue weighted by molar-refractivity contribution is 7.84. The maximum absolute atomic E-state index is 11.6. The summed E-state index contributed by atoms with van der Waals surface area (Å²) in [5.41, 5.74) is 0.451. The summed E-state index contributed by atoms with van der Waals surface area (Å²) < 4.78 is 33.8. The third kappa shape index (κ3) is 8.52. The van der Waals surface area contributed by atoms with Gasteiger partial charge in [0.1, 0.15) is 6.11 Å². The van der Waals surface area contributed by atoms with E-state index in [1.807, 2.05) is 10.8 Å².